The molecule has 3 nitrogen and oxygen atoms in total. The number of rotatable bonds is 12. The molecule has 0 aliphatic heterocycles. The molecule has 0 bridgehead atoms. The van der Waals surface area contributed by atoms with E-state index < -0.39 is 0 Å². The van der Waals surface area contributed by atoms with Gasteiger partial charge >= 0.3 is 0 Å². The monoisotopic (exact) mass is 242 g/mol. The molecule has 0 aromatic heterocycles. The molecular weight excluding hydrogens is 216 g/mol. The smallest absolute Gasteiger partial charge is 0.0645 e. The zero-order valence-corrected chi connectivity index (χ0v) is 11.0. The third-order valence-electron chi connectivity index (χ3n) is 2.68. The molecule has 0 radical (unpaired) electrons. The first-order valence-corrected chi connectivity index (χ1v) is 6.23. The Balaban J connectivity index is 4.26. The molecule has 0 fully saturated rings. The fourth-order valence-electron chi connectivity index (χ4n) is 1.63. The summed E-state index contributed by atoms with van der Waals surface area (Å²) in [6.07, 6.45) is 6.51. The van der Waals surface area contributed by atoms with Crippen molar-refractivity contribution < 1.29 is 14.6 Å². The van der Waals surface area contributed by atoms with E-state index in [0.29, 0.717) is 26.4 Å². The van der Waals surface area contributed by atoms with E-state index in [1.165, 1.54) is 0 Å². The average Bonchev–Trinajstić information content (AvgIpc) is 2.36. The highest BCUT2D eigenvalue weighted by molar-refractivity contribution is 4.80. The maximum atomic E-state index is 9.59. The predicted octanol–water partition coefficient (Wildman–Crippen LogP) is 2.56. The lowest BCUT2D eigenvalue weighted by Gasteiger charge is -2.31. The Morgan fingerprint density at radius 1 is 1.12 bits per heavy atom. The Hall–Kier alpha value is -0.640. The molecule has 100 valence electrons. The number of hydrogen-bond donors (Lipinski definition) is 1. The van der Waals surface area contributed by atoms with E-state index in [1.807, 2.05) is 0 Å². The summed E-state index contributed by atoms with van der Waals surface area (Å²) in [6.45, 7) is 11.5. The summed E-state index contributed by atoms with van der Waals surface area (Å²) < 4.78 is 11.0. The lowest BCUT2D eigenvalue weighted by atomic mass is 9.85. The maximum Gasteiger partial charge on any atom is 0.0645 e. The van der Waals surface area contributed by atoms with Crippen LogP contribution in [-0.4, -0.2) is 38.1 Å². The van der Waals surface area contributed by atoms with Gasteiger partial charge in [-0.1, -0.05) is 31.9 Å². The lowest BCUT2D eigenvalue weighted by Crippen LogP contribution is -2.36. The van der Waals surface area contributed by atoms with E-state index >= 15 is 0 Å². The molecule has 1 N–H and O–H groups in total. The molecule has 0 saturated carbocycles. The molecule has 0 heterocycles. The minimum absolute atomic E-state index is 0.0846. The molecule has 0 amide bonds. The van der Waals surface area contributed by atoms with Crippen LogP contribution in [0.4, 0.5) is 0 Å². The van der Waals surface area contributed by atoms with Crippen molar-refractivity contribution in [2.24, 2.45) is 5.41 Å². The van der Waals surface area contributed by atoms with Gasteiger partial charge < -0.3 is 14.6 Å². The van der Waals surface area contributed by atoms with Gasteiger partial charge in [-0.25, -0.2) is 0 Å². The highest BCUT2D eigenvalue weighted by atomic mass is 16.5. The van der Waals surface area contributed by atoms with Crippen molar-refractivity contribution in [2.75, 3.05) is 33.0 Å². The second-order valence-corrected chi connectivity index (χ2v) is 4.37. The van der Waals surface area contributed by atoms with Gasteiger partial charge in [0, 0.05) is 5.41 Å². The van der Waals surface area contributed by atoms with Gasteiger partial charge in [-0.3, -0.25) is 0 Å². The van der Waals surface area contributed by atoms with Crippen molar-refractivity contribution >= 4 is 0 Å². The fourth-order valence-corrected chi connectivity index (χ4v) is 1.63. The largest absolute Gasteiger partial charge is 0.396 e. The van der Waals surface area contributed by atoms with Crippen LogP contribution in [0.5, 0.6) is 0 Å². The maximum absolute atomic E-state index is 9.59. The van der Waals surface area contributed by atoms with Gasteiger partial charge in [0.25, 0.3) is 0 Å². The summed E-state index contributed by atoms with van der Waals surface area (Å²) in [7, 11) is 0. The van der Waals surface area contributed by atoms with Crippen LogP contribution in [0.15, 0.2) is 25.3 Å². The Labute approximate surface area is 105 Å². The number of aliphatic hydroxyl groups is 1. The normalized spacial score (nSPS) is 11.4. The summed E-state index contributed by atoms with van der Waals surface area (Å²) in [6, 6.07) is 0. The predicted molar refractivity (Wildman–Crippen MR) is 71.1 cm³/mol. The topological polar surface area (TPSA) is 38.7 Å². The van der Waals surface area contributed by atoms with E-state index in [1.54, 1.807) is 12.2 Å². The molecule has 0 atom stereocenters. The van der Waals surface area contributed by atoms with E-state index in [2.05, 4.69) is 20.1 Å². The summed E-state index contributed by atoms with van der Waals surface area (Å²) in [4.78, 5) is 0. The van der Waals surface area contributed by atoms with Crippen LogP contribution in [0.2, 0.25) is 0 Å². The number of unbranched alkanes of at least 4 members (excludes halogenated alkanes) is 1. The van der Waals surface area contributed by atoms with Gasteiger partial charge in [0.1, 0.15) is 0 Å². The molecule has 0 aromatic rings. The van der Waals surface area contributed by atoms with Gasteiger partial charge in [-0.2, -0.15) is 0 Å². The van der Waals surface area contributed by atoms with Crippen molar-refractivity contribution in [3.8, 4) is 0 Å². The number of ether oxygens (including phenoxy) is 2. The fraction of sp³-hybridized carbons (Fsp3) is 0.714. The Morgan fingerprint density at radius 2 is 1.65 bits per heavy atom. The minimum atomic E-state index is -0.290. The van der Waals surface area contributed by atoms with Crippen LogP contribution in [-0.2, 0) is 9.47 Å². The van der Waals surface area contributed by atoms with E-state index in [-0.39, 0.29) is 12.0 Å². The summed E-state index contributed by atoms with van der Waals surface area (Å²) in [5.74, 6) is 0. The van der Waals surface area contributed by atoms with E-state index in [0.717, 1.165) is 19.3 Å². The van der Waals surface area contributed by atoms with Crippen molar-refractivity contribution in [3.05, 3.63) is 25.3 Å². The quantitative estimate of drug-likeness (QED) is 0.422. The zero-order chi connectivity index (χ0) is 13.0. The van der Waals surface area contributed by atoms with E-state index in [4.69, 9.17) is 9.47 Å². The number of hydrogen-bond acceptors (Lipinski definition) is 3. The molecule has 0 aromatic carbocycles. The molecular formula is C14H26O3. The Morgan fingerprint density at radius 3 is 2.00 bits per heavy atom. The highest BCUT2D eigenvalue weighted by Crippen LogP contribution is 2.25. The standard InChI is InChI=1S/C14H26O3/c1-4-7-8-14(11-15,12-16-9-5-2)13-17-10-6-3/h5-6,15H,2-4,7-13H2,1H3. The molecule has 17 heavy (non-hydrogen) atoms. The van der Waals surface area contributed by atoms with Crippen molar-refractivity contribution in [1.82, 2.24) is 0 Å². The van der Waals surface area contributed by atoms with E-state index in [9.17, 15) is 5.11 Å². The lowest BCUT2D eigenvalue weighted by molar-refractivity contribution is -0.0461. The van der Waals surface area contributed by atoms with Crippen LogP contribution in [0, 0.1) is 5.41 Å². The molecule has 0 spiro atoms. The van der Waals surface area contributed by atoms with Crippen LogP contribution in [0.3, 0.4) is 0 Å². The summed E-state index contributed by atoms with van der Waals surface area (Å²) in [5.41, 5.74) is -0.290. The van der Waals surface area contributed by atoms with Crippen molar-refractivity contribution in [2.45, 2.75) is 26.2 Å². The first-order valence-electron chi connectivity index (χ1n) is 6.23. The Kier molecular flexibility index (Phi) is 10.1. The van der Waals surface area contributed by atoms with Gasteiger partial charge in [0.15, 0.2) is 0 Å². The van der Waals surface area contributed by atoms with Gasteiger partial charge in [-0.05, 0) is 6.42 Å². The van der Waals surface area contributed by atoms with Crippen LogP contribution < -0.4 is 0 Å². The first kappa shape index (κ1) is 16.4. The minimum Gasteiger partial charge on any atom is -0.396 e. The third-order valence-corrected chi connectivity index (χ3v) is 2.68. The molecule has 0 saturated heterocycles. The third kappa shape index (κ3) is 7.31. The number of aliphatic hydroxyl groups excluding tert-OH is 1. The van der Waals surface area contributed by atoms with Crippen molar-refractivity contribution in [1.29, 1.82) is 0 Å². The molecule has 0 aliphatic rings. The molecule has 3 heteroatoms. The SMILES string of the molecule is C=CCOCC(CO)(CCCC)COCC=C. The van der Waals surface area contributed by atoms with Crippen LogP contribution >= 0.6 is 0 Å². The average molecular weight is 242 g/mol. The molecule has 0 unspecified atom stereocenters. The molecule has 0 rings (SSSR count). The van der Waals surface area contributed by atoms with Crippen LogP contribution in [0.1, 0.15) is 26.2 Å². The van der Waals surface area contributed by atoms with Gasteiger partial charge in [0.05, 0.1) is 33.0 Å². The summed E-state index contributed by atoms with van der Waals surface area (Å²) in [5, 5.41) is 9.59. The van der Waals surface area contributed by atoms with Gasteiger partial charge in [-0.15, -0.1) is 13.2 Å². The zero-order valence-electron chi connectivity index (χ0n) is 11.0. The summed E-state index contributed by atoms with van der Waals surface area (Å²) >= 11 is 0. The first-order chi connectivity index (χ1) is 8.24. The van der Waals surface area contributed by atoms with Gasteiger partial charge in [0.2, 0.25) is 0 Å². The highest BCUT2D eigenvalue weighted by Gasteiger charge is 2.29. The molecule has 0 aliphatic carbocycles. The van der Waals surface area contributed by atoms with Crippen LogP contribution in [0.25, 0.3) is 0 Å². The van der Waals surface area contributed by atoms with Crippen molar-refractivity contribution in [3.63, 3.8) is 0 Å². The second-order valence-electron chi connectivity index (χ2n) is 4.37. The second kappa shape index (κ2) is 10.5. The Bertz CT molecular complexity index is 188.